The first-order chi connectivity index (χ1) is 14.6. The zero-order valence-corrected chi connectivity index (χ0v) is 17.0. The number of likely N-dealkylation sites (tertiary alicyclic amines) is 1. The van der Waals surface area contributed by atoms with E-state index in [2.05, 4.69) is 5.32 Å². The van der Waals surface area contributed by atoms with Crippen LogP contribution in [-0.2, 0) is 13.1 Å². The summed E-state index contributed by atoms with van der Waals surface area (Å²) >= 11 is 0. The maximum atomic E-state index is 13.0. The molecule has 2 aliphatic rings. The van der Waals surface area contributed by atoms with Crippen molar-refractivity contribution in [1.82, 2.24) is 20.0 Å². The summed E-state index contributed by atoms with van der Waals surface area (Å²) in [6, 6.07) is 16.3. The van der Waals surface area contributed by atoms with E-state index in [0.29, 0.717) is 26.2 Å². The highest BCUT2D eigenvalue weighted by Crippen LogP contribution is 2.22. The van der Waals surface area contributed by atoms with Crippen LogP contribution < -0.4 is 5.32 Å². The minimum Gasteiger partial charge on any atom is -0.334 e. The Morgan fingerprint density at radius 3 is 2.33 bits per heavy atom. The van der Waals surface area contributed by atoms with Crippen molar-refractivity contribution in [3.05, 3.63) is 71.5 Å². The molecule has 7 heteroatoms. The molecule has 0 aromatic heterocycles. The van der Waals surface area contributed by atoms with Crippen LogP contribution in [0.3, 0.4) is 0 Å². The number of carbonyl (C=O) groups excluding carboxylic acids is 2. The smallest absolute Gasteiger partial charge is 0.320 e. The van der Waals surface area contributed by atoms with Gasteiger partial charge in [-0.2, -0.15) is 0 Å². The number of urea groups is 2. The quantitative estimate of drug-likeness (QED) is 0.821. The monoisotopic (exact) mass is 410 g/mol. The van der Waals surface area contributed by atoms with Crippen LogP contribution in [0, 0.1) is 5.82 Å². The molecule has 2 aliphatic heterocycles. The summed E-state index contributed by atoms with van der Waals surface area (Å²) in [5.74, 6) is -0.286. The molecule has 4 amide bonds. The molecular weight excluding hydrogens is 383 g/mol. The fourth-order valence-corrected chi connectivity index (χ4v) is 4.16. The van der Waals surface area contributed by atoms with Crippen molar-refractivity contribution >= 4 is 12.1 Å². The standard InChI is InChI=1S/C23H27FN4O2/c24-20-8-6-18(7-9-20)16-25-22(29)26-12-10-21(11-13-26)28-15-14-27(23(28)30)17-19-4-2-1-3-5-19/h1-9,21H,10-17H2,(H,25,29). The van der Waals surface area contributed by atoms with Gasteiger partial charge in [0, 0.05) is 45.3 Å². The number of piperidine rings is 1. The maximum absolute atomic E-state index is 13.0. The summed E-state index contributed by atoms with van der Waals surface area (Å²) < 4.78 is 13.0. The van der Waals surface area contributed by atoms with E-state index in [4.69, 9.17) is 0 Å². The van der Waals surface area contributed by atoms with Crippen molar-refractivity contribution in [2.24, 2.45) is 0 Å². The van der Waals surface area contributed by atoms with Gasteiger partial charge in [0.05, 0.1) is 0 Å². The molecule has 6 nitrogen and oxygen atoms in total. The number of nitrogens with zero attached hydrogens (tertiary/aromatic N) is 3. The van der Waals surface area contributed by atoms with Gasteiger partial charge in [-0.25, -0.2) is 14.0 Å². The highest BCUT2D eigenvalue weighted by Gasteiger charge is 2.35. The number of nitrogens with one attached hydrogen (secondary N) is 1. The van der Waals surface area contributed by atoms with Crippen LogP contribution in [0.2, 0.25) is 0 Å². The van der Waals surface area contributed by atoms with Gasteiger partial charge in [-0.1, -0.05) is 42.5 Å². The first-order valence-corrected chi connectivity index (χ1v) is 10.5. The Hall–Kier alpha value is -3.09. The van der Waals surface area contributed by atoms with Crippen LogP contribution in [0.4, 0.5) is 14.0 Å². The van der Waals surface area contributed by atoms with E-state index < -0.39 is 0 Å². The van der Waals surface area contributed by atoms with Crippen molar-refractivity contribution in [2.75, 3.05) is 26.2 Å². The second-order valence-corrected chi connectivity index (χ2v) is 7.89. The van der Waals surface area contributed by atoms with Crippen LogP contribution in [0.1, 0.15) is 24.0 Å². The van der Waals surface area contributed by atoms with Crippen LogP contribution in [0.5, 0.6) is 0 Å². The predicted molar refractivity (Wildman–Crippen MR) is 112 cm³/mol. The minimum absolute atomic E-state index is 0.0954. The van der Waals surface area contributed by atoms with Gasteiger partial charge in [-0.05, 0) is 36.1 Å². The van der Waals surface area contributed by atoms with E-state index in [1.165, 1.54) is 12.1 Å². The Bertz CT molecular complexity index is 867. The number of rotatable bonds is 5. The second kappa shape index (κ2) is 9.15. The molecule has 0 saturated carbocycles. The molecule has 2 aromatic rings. The average molecular weight is 410 g/mol. The van der Waals surface area contributed by atoms with Crippen molar-refractivity contribution < 1.29 is 14.0 Å². The molecule has 0 bridgehead atoms. The third kappa shape index (κ3) is 4.72. The Balaban J connectivity index is 1.23. The second-order valence-electron chi connectivity index (χ2n) is 7.89. The molecule has 0 aliphatic carbocycles. The van der Waals surface area contributed by atoms with Gasteiger partial charge >= 0.3 is 12.1 Å². The van der Waals surface area contributed by atoms with Gasteiger partial charge in [-0.15, -0.1) is 0 Å². The van der Waals surface area contributed by atoms with Gasteiger partial charge in [-0.3, -0.25) is 0 Å². The molecular formula is C23H27FN4O2. The van der Waals surface area contributed by atoms with Crippen molar-refractivity contribution in [3.8, 4) is 0 Å². The zero-order valence-electron chi connectivity index (χ0n) is 17.0. The maximum Gasteiger partial charge on any atom is 0.320 e. The number of benzene rings is 2. The zero-order chi connectivity index (χ0) is 20.9. The molecule has 4 rings (SSSR count). The highest BCUT2D eigenvalue weighted by atomic mass is 19.1. The molecule has 0 unspecified atom stereocenters. The summed E-state index contributed by atoms with van der Waals surface area (Å²) in [4.78, 5) is 30.9. The number of hydrogen-bond donors (Lipinski definition) is 1. The lowest BCUT2D eigenvalue weighted by atomic mass is 10.0. The first kappa shape index (κ1) is 20.2. The van der Waals surface area contributed by atoms with Crippen molar-refractivity contribution in [2.45, 2.75) is 32.0 Å². The highest BCUT2D eigenvalue weighted by molar-refractivity contribution is 5.77. The topological polar surface area (TPSA) is 55.9 Å². The van der Waals surface area contributed by atoms with E-state index in [0.717, 1.165) is 37.1 Å². The molecule has 30 heavy (non-hydrogen) atoms. The Labute approximate surface area is 176 Å². The summed E-state index contributed by atoms with van der Waals surface area (Å²) in [6.45, 7) is 3.75. The minimum atomic E-state index is -0.286. The van der Waals surface area contributed by atoms with E-state index in [1.807, 2.05) is 40.1 Å². The van der Waals surface area contributed by atoms with Crippen molar-refractivity contribution in [1.29, 1.82) is 0 Å². The van der Waals surface area contributed by atoms with Crippen LogP contribution in [0.25, 0.3) is 0 Å². The van der Waals surface area contributed by atoms with Gasteiger partial charge in [0.1, 0.15) is 5.82 Å². The van der Waals surface area contributed by atoms with Gasteiger partial charge in [0.25, 0.3) is 0 Å². The van der Waals surface area contributed by atoms with E-state index in [1.54, 1.807) is 17.0 Å². The average Bonchev–Trinajstić information content (AvgIpc) is 3.14. The summed E-state index contributed by atoms with van der Waals surface area (Å²) in [7, 11) is 0. The molecule has 2 heterocycles. The summed E-state index contributed by atoms with van der Waals surface area (Å²) in [5.41, 5.74) is 2.00. The van der Waals surface area contributed by atoms with Crippen LogP contribution >= 0.6 is 0 Å². The molecule has 2 fully saturated rings. The molecule has 0 atom stereocenters. The first-order valence-electron chi connectivity index (χ1n) is 10.5. The third-order valence-corrected chi connectivity index (χ3v) is 5.89. The lowest BCUT2D eigenvalue weighted by Crippen LogP contribution is -2.50. The largest absolute Gasteiger partial charge is 0.334 e. The fourth-order valence-electron chi connectivity index (χ4n) is 4.16. The molecule has 0 radical (unpaired) electrons. The Morgan fingerprint density at radius 1 is 0.933 bits per heavy atom. The van der Waals surface area contributed by atoms with E-state index in [-0.39, 0.29) is 23.9 Å². The van der Waals surface area contributed by atoms with E-state index >= 15 is 0 Å². The number of amides is 4. The molecule has 2 saturated heterocycles. The lowest BCUT2D eigenvalue weighted by molar-refractivity contribution is 0.134. The molecule has 0 spiro atoms. The molecule has 158 valence electrons. The summed E-state index contributed by atoms with van der Waals surface area (Å²) in [6.07, 6.45) is 1.57. The van der Waals surface area contributed by atoms with Gasteiger partial charge in [0.2, 0.25) is 0 Å². The Morgan fingerprint density at radius 2 is 1.63 bits per heavy atom. The SMILES string of the molecule is O=C(NCc1ccc(F)cc1)N1CCC(N2CCN(Cc3ccccc3)C2=O)CC1. The van der Waals surface area contributed by atoms with Gasteiger partial charge < -0.3 is 20.0 Å². The van der Waals surface area contributed by atoms with Crippen molar-refractivity contribution in [3.63, 3.8) is 0 Å². The van der Waals surface area contributed by atoms with E-state index in [9.17, 15) is 14.0 Å². The number of hydrogen-bond acceptors (Lipinski definition) is 2. The van der Waals surface area contributed by atoms with Crippen LogP contribution in [0.15, 0.2) is 54.6 Å². The normalized spacial score (nSPS) is 17.5. The number of halogens is 1. The molecule has 2 aromatic carbocycles. The predicted octanol–water partition coefficient (Wildman–Crippen LogP) is 3.44. The van der Waals surface area contributed by atoms with Crippen LogP contribution in [-0.4, -0.2) is 59.0 Å². The summed E-state index contributed by atoms with van der Waals surface area (Å²) in [5, 5.41) is 2.89. The third-order valence-electron chi connectivity index (χ3n) is 5.89. The Kier molecular flexibility index (Phi) is 6.16. The molecule has 1 N–H and O–H groups in total. The lowest BCUT2D eigenvalue weighted by Gasteiger charge is -2.36. The number of carbonyl (C=O) groups is 2. The van der Waals surface area contributed by atoms with Gasteiger partial charge in [0.15, 0.2) is 0 Å². The fraction of sp³-hybridized carbons (Fsp3) is 0.391.